The molecule has 18 heavy (non-hydrogen) atoms. The number of carboxylic acids is 1. The Morgan fingerprint density at radius 1 is 1.56 bits per heavy atom. The predicted molar refractivity (Wildman–Crippen MR) is 67.6 cm³/mol. The number of hydrogen-bond donors (Lipinski definition) is 2. The average molecular weight is 268 g/mol. The van der Waals surface area contributed by atoms with Crippen LogP contribution >= 0.6 is 11.3 Å². The Kier molecular flexibility index (Phi) is 3.65. The van der Waals surface area contributed by atoms with Crippen LogP contribution in [-0.2, 0) is 4.79 Å². The minimum Gasteiger partial charge on any atom is -0.481 e. The molecule has 1 saturated carbocycles. The van der Waals surface area contributed by atoms with Gasteiger partial charge in [0.05, 0.1) is 10.9 Å². The second-order valence-electron chi connectivity index (χ2n) is 4.87. The molecule has 0 radical (unpaired) electrons. The summed E-state index contributed by atoms with van der Waals surface area (Å²) in [6.45, 7) is 1.71. The van der Waals surface area contributed by atoms with Crippen LogP contribution in [0.15, 0.2) is 10.9 Å². The highest BCUT2D eigenvalue weighted by Crippen LogP contribution is 2.36. The highest BCUT2D eigenvalue weighted by Gasteiger charge is 2.43. The van der Waals surface area contributed by atoms with E-state index in [0.29, 0.717) is 18.5 Å². The monoisotopic (exact) mass is 268 g/mol. The van der Waals surface area contributed by atoms with Gasteiger partial charge in [0, 0.05) is 11.4 Å². The molecule has 2 unspecified atom stereocenters. The lowest BCUT2D eigenvalue weighted by Crippen LogP contribution is -2.52. The van der Waals surface area contributed by atoms with E-state index in [2.05, 4.69) is 10.3 Å². The van der Waals surface area contributed by atoms with Crippen LogP contribution in [0.3, 0.4) is 0 Å². The van der Waals surface area contributed by atoms with Gasteiger partial charge in [-0.3, -0.25) is 9.59 Å². The van der Waals surface area contributed by atoms with Crippen molar-refractivity contribution in [3.8, 4) is 0 Å². The molecule has 6 heteroatoms. The lowest BCUT2D eigenvalue weighted by Gasteiger charge is -2.38. The molecular weight excluding hydrogens is 252 g/mol. The van der Waals surface area contributed by atoms with Gasteiger partial charge in [-0.1, -0.05) is 12.8 Å². The lowest BCUT2D eigenvalue weighted by atomic mass is 9.71. The second kappa shape index (κ2) is 5.06. The van der Waals surface area contributed by atoms with E-state index in [1.807, 2.05) is 0 Å². The quantitative estimate of drug-likeness (QED) is 0.877. The van der Waals surface area contributed by atoms with Crippen molar-refractivity contribution in [3.05, 3.63) is 16.6 Å². The summed E-state index contributed by atoms with van der Waals surface area (Å²) >= 11 is 1.35. The number of hydrogen-bond acceptors (Lipinski definition) is 4. The van der Waals surface area contributed by atoms with Crippen LogP contribution in [0.25, 0.3) is 0 Å². The Hall–Kier alpha value is -1.43. The Morgan fingerprint density at radius 3 is 2.94 bits per heavy atom. The zero-order valence-electron chi connectivity index (χ0n) is 10.2. The molecular formula is C12H16N2O3S. The molecule has 5 nitrogen and oxygen atoms in total. The van der Waals surface area contributed by atoms with Gasteiger partial charge in [-0.15, -0.1) is 11.3 Å². The van der Waals surface area contributed by atoms with Crippen LogP contribution in [0.2, 0.25) is 0 Å². The van der Waals surface area contributed by atoms with Crippen LogP contribution in [0.5, 0.6) is 0 Å². The van der Waals surface area contributed by atoms with Gasteiger partial charge in [-0.2, -0.15) is 0 Å². The van der Waals surface area contributed by atoms with Crippen molar-refractivity contribution in [2.45, 2.75) is 38.6 Å². The van der Waals surface area contributed by atoms with Gasteiger partial charge in [0.2, 0.25) is 0 Å². The summed E-state index contributed by atoms with van der Waals surface area (Å²) in [7, 11) is 0. The van der Waals surface area contributed by atoms with Gasteiger partial charge < -0.3 is 10.4 Å². The van der Waals surface area contributed by atoms with Gasteiger partial charge in [0.25, 0.3) is 5.91 Å². The number of amides is 1. The minimum absolute atomic E-state index is 0.282. The molecule has 2 atom stereocenters. The van der Waals surface area contributed by atoms with E-state index in [0.717, 1.165) is 12.8 Å². The maximum Gasteiger partial charge on any atom is 0.311 e. The summed E-state index contributed by atoms with van der Waals surface area (Å²) in [6.07, 6.45) is 3.15. The SMILES string of the molecule is CC1(C(=O)O)CCCCC1NC(=O)c1cscn1. The Balaban J connectivity index is 2.11. The van der Waals surface area contributed by atoms with Crippen molar-refractivity contribution in [1.29, 1.82) is 0 Å². The molecule has 0 aliphatic heterocycles. The topological polar surface area (TPSA) is 79.3 Å². The summed E-state index contributed by atoms with van der Waals surface area (Å²) in [5.41, 5.74) is 1.08. The first-order valence-corrected chi connectivity index (χ1v) is 6.91. The number of nitrogens with zero attached hydrogens (tertiary/aromatic N) is 1. The highest BCUT2D eigenvalue weighted by molar-refractivity contribution is 7.07. The van der Waals surface area contributed by atoms with Crippen molar-refractivity contribution >= 4 is 23.2 Å². The summed E-state index contributed by atoms with van der Waals surface area (Å²) in [5, 5.41) is 13.8. The molecule has 1 amide bonds. The normalized spacial score (nSPS) is 27.7. The van der Waals surface area contributed by atoms with E-state index in [1.54, 1.807) is 17.8 Å². The Labute approximate surface area is 109 Å². The Morgan fingerprint density at radius 2 is 2.33 bits per heavy atom. The number of thiazole rings is 1. The van der Waals surface area contributed by atoms with Gasteiger partial charge in [0.15, 0.2) is 0 Å². The van der Waals surface area contributed by atoms with Gasteiger partial charge >= 0.3 is 5.97 Å². The van der Waals surface area contributed by atoms with E-state index < -0.39 is 11.4 Å². The third-order valence-electron chi connectivity index (χ3n) is 3.67. The standard InChI is InChI=1S/C12H16N2O3S/c1-12(11(16)17)5-3-2-4-9(12)14-10(15)8-6-18-7-13-8/h6-7,9H,2-5H2,1H3,(H,14,15)(H,16,17). The van der Waals surface area contributed by atoms with E-state index in [-0.39, 0.29) is 11.9 Å². The molecule has 0 aromatic carbocycles. The first kappa shape index (κ1) is 13.0. The molecule has 1 aromatic heterocycles. The molecule has 0 spiro atoms. The first-order valence-electron chi connectivity index (χ1n) is 5.96. The van der Waals surface area contributed by atoms with Crippen LogP contribution < -0.4 is 5.32 Å². The molecule has 98 valence electrons. The highest BCUT2D eigenvalue weighted by atomic mass is 32.1. The van der Waals surface area contributed by atoms with E-state index in [4.69, 9.17) is 0 Å². The number of nitrogens with one attached hydrogen (secondary N) is 1. The van der Waals surface area contributed by atoms with Crippen molar-refractivity contribution < 1.29 is 14.7 Å². The zero-order valence-corrected chi connectivity index (χ0v) is 11.0. The summed E-state index contributed by atoms with van der Waals surface area (Å²) in [4.78, 5) is 27.2. The van der Waals surface area contributed by atoms with E-state index in [1.165, 1.54) is 11.3 Å². The van der Waals surface area contributed by atoms with Crippen molar-refractivity contribution in [2.75, 3.05) is 0 Å². The molecule has 2 N–H and O–H groups in total. The molecule has 0 saturated heterocycles. The second-order valence-corrected chi connectivity index (χ2v) is 5.59. The van der Waals surface area contributed by atoms with E-state index >= 15 is 0 Å². The summed E-state index contributed by atoms with van der Waals surface area (Å²) in [6, 6.07) is -0.321. The lowest BCUT2D eigenvalue weighted by molar-refractivity contribution is -0.151. The number of carboxylic acid groups (broad SMARTS) is 1. The summed E-state index contributed by atoms with van der Waals surface area (Å²) < 4.78 is 0. The Bertz CT molecular complexity index is 446. The van der Waals surface area contributed by atoms with Crippen LogP contribution in [0, 0.1) is 5.41 Å². The third-order valence-corrected chi connectivity index (χ3v) is 4.25. The summed E-state index contributed by atoms with van der Waals surface area (Å²) in [5.74, 6) is -1.12. The molecule has 1 heterocycles. The molecule has 1 aliphatic rings. The predicted octanol–water partition coefficient (Wildman–Crippen LogP) is 1.91. The number of carbonyl (C=O) groups excluding carboxylic acids is 1. The molecule has 1 aromatic rings. The fourth-order valence-corrected chi connectivity index (χ4v) is 2.91. The first-order chi connectivity index (χ1) is 8.54. The van der Waals surface area contributed by atoms with Gasteiger partial charge in [0.1, 0.15) is 5.69 Å². The number of rotatable bonds is 3. The smallest absolute Gasteiger partial charge is 0.311 e. The maximum absolute atomic E-state index is 11.9. The van der Waals surface area contributed by atoms with Crippen molar-refractivity contribution in [1.82, 2.24) is 10.3 Å². The van der Waals surface area contributed by atoms with Gasteiger partial charge in [-0.25, -0.2) is 4.98 Å². The maximum atomic E-state index is 11.9. The fourth-order valence-electron chi connectivity index (χ4n) is 2.38. The van der Waals surface area contributed by atoms with E-state index in [9.17, 15) is 14.7 Å². The number of aromatic nitrogens is 1. The zero-order chi connectivity index (χ0) is 13.2. The van der Waals surface area contributed by atoms with Crippen LogP contribution in [-0.4, -0.2) is 28.0 Å². The molecule has 1 fully saturated rings. The molecule has 0 bridgehead atoms. The van der Waals surface area contributed by atoms with Crippen molar-refractivity contribution in [2.24, 2.45) is 5.41 Å². The molecule has 1 aliphatic carbocycles. The minimum atomic E-state index is -0.871. The van der Waals surface area contributed by atoms with Gasteiger partial charge in [-0.05, 0) is 19.8 Å². The third kappa shape index (κ3) is 2.38. The van der Waals surface area contributed by atoms with Crippen LogP contribution in [0.4, 0.5) is 0 Å². The number of aliphatic carboxylic acids is 1. The molecule has 2 rings (SSSR count). The average Bonchev–Trinajstić information content (AvgIpc) is 2.85. The van der Waals surface area contributed by atoms with Crippen molar-refractivity contribution in [3.63, 3.8) is 0 Å². The van der Waals surface area contributed by atoms with Crippen LogP contribution in [0.1, 0.15) is 43.1 Å². The largest absolute Gasteiger partial charge is 0.481 e. The fraction of sp³-hybridized carbons (Fsp3) is 0.583. The number of carbonyl (C=O) groups is 2.